The lowest BCUT2D eigenvalue weighted by atomic mass is 10.1. The molecule has 9 heteroatoms. The third-order valence-electron chi connectivity index (χ3n) is 5.00. The number of aryl methyl sites for hydroxylation is 2. The first-order chi connectivity index (χ1) is 14.8. The van der Waals surface area contributed by atoms with E-state index >= 15 is 0 Å². The number of benzene rings is 2. The molecule has 2 aromatic rings. The van der Waals surface area contributed by atoms with Crippen LogP contribution in [0, 0.1) is 13.8 Å². The van der Waals surface area contributed by atoms with Gasteiger partial charge in [-0.3, -0.25) is 4.79 Å². The Balaban J connectivity index is 1.40. The van der Waals surface area contributed by atoms with Gasteiger partial charge in [-0.1, -0.05) is 11.6 Å². The molecule has 31 heavy (non-hydrogen) atoms. The molecule has 0 spiro atoms. The van der Waals surface area contributed by atoms with Gasteiger partial charge in [0.2, 0.25) is 10.0 Å². The minimum atomic E-state index is -3.43. The molecule has 1 aliphatic rings. The van der Waals surface area contributed by atoms with Gasteiger partial charge < -0.3 is 14.8 Å². The summed E-state index contributed by atoms with van der Waals surface area (Å²) < 4.78 is 37.6. The molecular weight excluding hydrogens is 440 g/mol. The van der Waals surface area contributed by atoms with Crippen LogP contribution in [0.4, 0.5) is 0 Å². The number of ether oxygens (including phenoxy) is 2. The van der Waals surface area contributed by atoms with Gasteiger partial charge in [-0.25, -0.2) is 8.42 Å². The van der Waals surface area contributed by atoms with Crippen LogP contribution >= 0.6 is 11.6 Å². The van der Waals surface area contributed by atoms with E-state index in [1.807, 2.05) is 13.8 Å². The van der Waals surface area contributed by atoms with Gasteiger partial charge in [0.15, 0.2) is 6.61 Å². The first-order valence-electron chi connectivity index (χ1n) is 10.2. The maximum Gasteiger partial charge on any atom is 0.258 e. The highest BCUT2D eigenvalue weighted by Gasteiger charge is 2.26. The summed E-state index contributed by atoms with van der Waals surface area (Å²) in [5.41, 5.74) is 1.79. The van der Waals surface area contributed by atoms with Crippen molar-refractivity contribution in [2.75, 3.05) is 32.8 Å². The molecule has 0 saturated carbocycles. The predicted octanol–water partition coefficient (Wildman–Crippen LogP) is 3.32. The minimum absolute atomic E-state index is 0.108. The molecule has 1 amide bonds. The fourth-order valence-electron chi connectivity index (χ4n) is 3.33. The van der Waals surface area contributed by atoms with Gasteiger partial charge in [-0.2, -0.15) is 4.31 Å². The third kappa shape index (κ3) is 6.12. The topological polar surface area (TPSA) is 84.9 Å². The second kappa shape index (κ2) is 10.3. The molecule has 3 rings (SSSR count). The largest absolute Gasteiger partial charge is 0.492 e. The predicted molar refractivity (Wildman–Crippen MR) is 119 cm³/mol. The van der Waals surface area contributed by atoms with Crippen LogP contribution in [0.25, 0.3) is 0 Å². The summed E-state index contributed by atoms with van der Waals surface area (Å²) in [5.74, 6) is 0.869. The summed E-state index contributed by atoms with van der Waals surface area (Å²) in [7, 11) is -3.43. The summed E-state index contributed by atoms with van der Waals surface area (Å²) in [6, 6.07) is 9.92. The molecule has 1 heterocycles. The molecule has 2 aromatic carbocycles. The van der Waals surface area contributed by atoms with Crippen LogP contribution in [-0.4, -0.2) is 51.5 Å². The SMILES string of the molecule is Cc1cc(OCC(=O)NCCOc2ccc(S(=O)(=O)N3CCCC3)cc2)cc(C)c1Cl. The van der Waals surface area contributed by atoms with Crippen molar-refractivity contribution in [3.05, 3.63) is 52.5 Å². The first kappa shape index (κ1) is 23.4. The summed E-state index contributed by atoms with van der Waals surface area (Å²) in [6.45, 7) is 5.35. The van der Waals surface area contributed by atoms with E-state index in [-0.39, 0.29) is 24.0 Å². The van der Waals surface area contributed by atoms with Gasteiger partial charge in [0.25, 0.3) is 5.91 Å². The molecule has 0 radical (unpaired) electrons. The van der Waals surface area contributed by atoms with Crippen molar-refractivity contribution >= 4 is 27.5 Å². The number of nitrogens with one attached hydrogen (secondary N) is 1. The Hall–Kier alpha value is -2.29. The molecule has 7 nitrogen and oxygen atoms in total. The number of hydrogen-bond donors (Lipinski definition) is 1. The van der Waals surface area contributed by atoms with Gasteiger partial charge in [-0.15, -0.1) is 0 Å². The van der Waals surface area contributed by atoms with Crippen LogP contribution in [0.1, 0.15) is 24.0 Å². The van der Waals surface area contributed by atoms with Crippen LogP contribution in [0.5, 0.6) is 11.5 Å². The van der Waals surface area contributed by atoms with Crippen molar-refractivity contribution in [2.45, 2.75) is 31.6 Å². The summed E-state index contributed by atoms with van der Waals surface area (Å²) >= 11 is 6.13. The highest BCUT2D eigenvalue weighted by atomic mass is 35.5. The molecule has 0 unspecified atom stereocenters. The fourth-order valence-corrected chi connectivity index (χ4v) is 4.96. The maximum atomic E-state index is 12.5. The fraction of sp³-hybridized carbons (Fsp3) is 0.409. The van der Waals surface area contributed by atoms with Gasteiger partial charge in [0.1, 0.15) is 18.1 Å². The molecule has 1 aliphatic heterocycles. The molecule has 0 bridgehead atoms. The Kier molecular flexibility index (Phi) is 7.80. The van der Waals surface area contributed by atoms with E-state index < -0.39 is 10.0 Å². The van der Waals surface area contributed by atoms with Crippen molar-refractivity contribution in [1.29, 1.82) is 0 Å². The van der Waals surface area contributed by atoms with Crippen LogP contribution in [0.2, 0.25) is 5.02 Å². The van der Waals surface area contributed by atoms with E-state index in [4.69, 9.17) is 21.1 Å². The molecule has 0 aliphatic carbocycles. The summed E-state index contributed by atoms with van der Waals surface area (Å²) in [5, 5.41) is 3.41. The van der Waals surface area contributed by atoms with E-state index in [0.717, 1.165) is 24.0 Å². The molecule has 168 valence electrons. The lowest BCUT2D eigenvalue weighted by Gasteiger charge is -2.15. The number of sulfonamides is 1. The monoisotopic (exact) mass is 466 g/mol. The van der Waals surface area contributed by atoms with Crippen LogP contribution < -0.4 is 14.8 Å². The molecular formula is C22H27ClN2O5S. The van der Waals surface area contributed by atoms with Crippen molar-refractivity contribution in [2.24, 2.45) is 0 Å². The summed E-state index contributed by atoms with van der Waals surface area (Å²) in [4.78, 5) is 12.2. The van der Waals surface area contributed by atoms with E-state index in [1.165, 1.54) is 4.31 Å². The van der Waals surface area contributed by atoms with Gasteiger partial charge >= 0.3 is 0 Å². The van der Waals surface area contributed by atoms with Crippen molar-refractivity contribution in [3.8, 4) is 11.5 Å². The van der Waals surface area contributed by atoms with E-state index in [1.54, 1.807) is 36.4 Å². The minimum Gasteiger partial charge on any atom is -0.492 e. The third-order valence-corrected chi connectivity index (χ3v) is 7.51. The Morgan fingerprint density at radius 2 is 1.65 bits per heavy atom. The Bertz CT molecular complexity index is 996. The zero-order chi connectivity index (χ0) is 22.4. The number of carbonyl (C=O) groups excluding carboxylic acids is 1. The average Bonchev–Trinajstić information content (AvgIpc) is 3.30. The second-order valence-electron chi connectivity index (χ2n) is 7.44. The Morgan fingerprint density at radius 1 is 1.03 bits per heavy atom. The smallest absolute Gasteiger partial charge is 0.258 e. The van der Waals surface area contributed by atoms with E-state index in [0.29, 0.717) is 36.2 Å². The number of amides is 1. The number of carbonyl (C=O) groups is 1. The number of rotatable bonds is 9. The highest BCUT2D eigenvalue weighted by Crippen LogP contribution is 2.26. The average molecular weight is 467 g/mol. The first-order valence-corrected chi connectivity index (χ1v) is 12.0. The number of hydrogen-bond acceptors (Lipinski definition) is 5. The van der Waals surface area contributed by atoms with E-state index in [2.05, 4.69) is 5.32 Å². The van der Waals surface area contributed by atoms with Crippen LogP contribution in [0.3, 0.4) is 0 Å². The lowest BCUT2D eigenvalue weighted by Crippen LogP contribution is -2.32. The zero-order valence-corrected chi connectivity index (χ0v) is 19.3. The molecule has 0 atom stereocenters. The van der Waals surface area contributed by atoms with E-state index in [9.17, 15) is 13.2 Å². The molecule has 1 saturated heterocycles. The maximum absolute atomic E-state index is 12.5. The quantitative estimate of drug-likeness (QED) is 0.573. The second-order valence-corrected chi connectivity index (χ2v) is 9.76. The van der Waals surface area contributed by atoms with Crippen LogP contribution in [0.15, 0.2) is 41.3 Å². The van der Waals surface area contributed by atoms with Gasteiger partial charge in [-0.05, 0) is 74.2 Å². The van der Waals surface area contributed by atoms with Crippen molar-refractivity contribution in [1.82, 2.24) is 9.62 Å². The molecule has 1 fully saturated rings. The number of halogens is 1. The molecule has 0 aromatic heterocycles. The normalized spacial score (nSPS) is 14.4. The highest BCUT2D eigenvalue weighted by molar-refractivity contribution is 7.89. The standard InChI is InChI=1S/C22H27ClN2O5S/c1-16-13-19(14-17(2)22(16)23)30-15-21(26)24-9-12-29-18-5-7-20(8-6-18)31(27,28)25-10-3-4-11-25/h5-8,13-14H,3-4,9-12,15H2,1-2H3,(H,24,26). The summed E-state index contributed by atoms with van der Waals surface area (Å²) in [6.07, 6.45) is 1.80. The Labute approximate surface area is 188 Å². The molecule has 1 N–H and O–H groups in total. The number of nitrogens with zero attached hydrogens (tertiary/aromatic N) is 1. The van der Waals surface area contributed by atoms with Crippen molar-refractivity contribution in [3.63, 3.8) is 0 Å². The van der Waals surface area contributed by atoms with Gasteiger partial charge in [0.05, 0.1) is 11.4 Å². The Morgan fingerprint density at radius 3 is 2.26 bits per heavy atom. The van der Waals surface area contributed by atoms with Crippen molar-refractivity contribution < 1.29 is 22.7 Å². The van der Waals surface area contributed by atoms with Crippen LogP contribution in [-0.2, 0) is 14.8 Å². The zero-order valence-electron chi connectivity index (χ0n) is 17.7. The van der Waals surface area contributed by atoms with Gasteiger partial charge in [0, 0.05) is 18.1 Å². The lowest BCUT2D eigenvalue weighted by molar-refractivity contribution is -0.123.